The second-order valence-corrected chi connectivity index (χ2v) is 5.97. The normalized spacial score (nSPS) is 21.0. The van der Waals surface area contributed by atoms with Gasteiger partial charge in [0.05, 0.1) is 16.2 Å². The van der Waals surface area contributed by atoms with Gasteiger partial charge in [-0.15, -0.1) is 0 Å². The Bertz CT molecular complexity index is 514. The van der Waals surface area contributed by atoms with Gasteiger partial charge in [-0.3, -0.25) is 4.79 Å². The molecule has 0 radical (unpaired) electrons. The van der Waals surface area contributed by atoms with Gasteiger partial charge in [-0.2, -0.15) is 0 Å². The van der Waals surface area contributed by atoms with Crippen LogP contribution >= 0.6 is 11.6 Å². The minimum atomic E-state index is -0.246. The molecule has 0 aromatic heterocycles. The molecule has 0 saturated carbocycles. The Morgan fingerprint density at radius 1 is 1.48 bits per heavy atom. The zero-order valence-electron chi connectivity index (χ0n) is 12.5. The fourth-order valence-corrected chi connectivity index (χ4v) is 3.05. The van der Waals surface area contributed by atoms with Crippen LogP contribution in [-0.2, 0) is 4.74 Å². The highest BCUT2D eigenvalue weighted by molar-refractivity contribution is 6.33. The molecule has 4 nitrogen and oxygen atoms in total. The number of hydrogen-bond acceptors (Lipinski definition) is 3. The first-order chi connectivity index (χ1) is 9.99. The second kappa shape index (κ2) is 6.67. The highest BCUT2D eigenvalue weighted by atomic mass is 35.5. The lowest BCUT2D eigenvalue weighted by Gasteiger charge is -2.40. The number of halogens is 1. The molecule has 1 heterocycles. The summed E-state index contributed by atoms with van der Waals surface area (Å²) in [6.07, 6.45) is 3.47. The molecule has 1 aromatic carbocycles. The van der Waals surface area contributed by atoms with E-state index in [1.807, 2.05) is 0 Å². The van der Waals surface area contributed by atoms with Crippen molar-refractivity contribution in [2.75, 3.05) is 6.61 Å². The van der Waals surface area contributed by atoms with Crippen molar-refractivity contribution in [3.63, 3.8) is 0 Å². The maximum absolute atomic E-state index is 12.3. The van der Waals surface area contributed by atoms with E-state index >= 15 is 0 Å². The summed E-state index contributed by atoms with van der Waals surface area (Å²) in [5.41, 5.74) is 0.167. The molecule has 2 N–H and O–H groups in total. The van der Waals surface area contributed by atoms with E-state index in [2.05, 4.69) is 19.2 Å². The lowest BCUT2D eigenvalue weighted by Crippen LogP contribution is -2.48. The number of aromatic hydroxyl groups is 1. The summed E-state index contributed by atoms with van der Waals surface area (Å²) >= 11 is 6.02. The third kappa shape index (κ3) is 3.69. The maximum atomic E-state index is 12.3. The summed E-state index contributed by atoms with van der Waals surface area (Å²) in [5, 5.41) is 12.8. The number of hydrogen-bond donors (Lipinski definition) is 2. The maximum Gasteiger partial charge on any atom is 0.253 e. The molecule has 1 fully saturated rings. The number of ether oxygens (including phenoxy) is 1. The fraction of sp³-hybridized carbons (Fsp3) is 0.562. The third-order valence-corrected chi connectivity index (χ3v) is 4.64. The standard InChI is InChI=1S/C16H22ClNO3/c1-3-16(4-2)10-11(7-8-21-16)18-15(20)13-9-12(19)5-6-14(13)17/h5-6,9,11,19H,3-4,7-8,10H2,1-2H3,(H,18,20). The topological polar surface area (TPSA) is 58.6 Å². The minimum Gasteiger partial charge on any atom is -0.508 e. The molecular weight excluding hydrogens is 290 g/mol. The molecule has 1 aliphatic heterocycles. The zero-order chi connectivity index (χ0) is 15.5. The van der Waals surface area contributed by atoms with Crippen molar-refractivity contribution in [1.82, 2.24) is 5.32 Å². The van der Waals surface area contributed by atoms with Crippen molar-refractivity contribution < 1.29 is 14.6 Å². The Labute approximate surface area is 130 Å². The van der Waals surface area contributed by atoms with Gasteiger partial charge in [0, 0.05) is 12.6 Å². The summed E-state index contributed by atoms with van der Waals surface area (Å²) in [4.78, 5) is 12.3. The molecule has 1 unspecified atom stereocenters. The number of phenols is 1. The number of amides is 1. The fourth-order valence-electron chi connectivity index (χ4n) is 2.84. The summed E-state index contributed by atoms with van der Waals surface area (Å²) < 4.78 is 5.91. The number of nitrogens with one attached hydrogen (secondary N) is 1. The molecule has 0 spiro atoms. The molecule has 1 aliphatic rings. The molecule has 116 valence electrons. The van der Waals surface area contributed by atoms with Crippen LogP contribution in [0.2, 0.25) is 5.02 Å². The van der Waals surface area contributed by atoms with Crippen molar-refractivity contribution in [3.05, 3.63) is 28.8 Å². The summed E-state index contributed by atoms with van der Waals surface area (Å²) in [6.45, 7) is 4.88. The van der Waals surface area contributed by atoms with E-state index in [4.69, 9.17) is 16.3 Å². The summed E-state index contributed by atoms with van der Waals surface area (Å²) in [7, 11) is 0. The van der Waals surface area contributed by atoms with Crippen LogP contribution < -0.4 is 5.32 Å². The summed E-state index contributed by atoms with van der Waals surface area (Å²) in [6, 6.07) is 4.46. The minimum absolute atomic E-state index is 0.0352. The largest absolute Gasteiger partial charge is 0.508 e. The predicted molar refractivity (Wildman–Crippen MR) is 82.9 cm³/mol. The second-order valence-electron chi connectivity index (χ2n) is 5.57. The van der Waals surface area contributed by atoms with Crippen molar-refractivity contribution in [1.29, 1.82) is 0 Å². The molecular formula is C16H22ClNO3. The van der Waals surface area contributed by atoms with E-state index in [-0.39, 0.29) is 23.3 Å². The van der Waals surface area contributed by atoms with Crippen LogP contribution in [0, 0.1) is 0 Å². The summed E-state index contributed by atoms with van der Waals surface area (Å²) in [5.74, 6) is -0.211. The molecule has 21 heavy (non-hydrogen) atoms. The molecule has 1 saturated heterocycles. The highest BCUT2D eigenvalue weighted by Gasteiger charge is 2.35. The first-order valence-electron chi connectivity index (χ1n) is 7.43. The van der Waals surface area contributed by atoms with E-state index < -0.39 is 0 Å². The predicted octanol–water partition coefficient (Wildman–Crippen LogP) is 3.51. The van der Waals surface area contributed by atoms with Gasteiger partial charge < -0.3 is 15.2 Å². The van der Waals surface area contributed by atoms with E-state index in [0.29, 0.717) is 17.2 Å². The van der Waals surface area contributed by atoms with Gasteiger partial charge >= 0.3 is 0 Å². The lowest BCUT2D eigenvalue weighted by molar-refractivity contribution is -0.0917. The Morgan fingerprint density at radius 2 is 2.19 bits per heavy atom. The van der Waals surface area contributed by atoms with E-state index in [0.717, 1.165) is 25.7 Å². The monoisotopic (exact) mass is 311 g/mol. The zero-order valence-corrected chi connectivity index (χ0v) is 13.2. The third-order valence-electron chi connectivity index (χ3n) is 4.31. The average molecular weight is 312 g/mol. The van der Waals surface area contributed by atoms with Crippen molar-refractivity contribution in [3.8, 4) is 5.75 Å². The molecule has 0 aliphatic carbocycles. The number of phenolic OH excluding ortho intramolecular Hbond substituents is 1. The Morgan fingerprint density at radius 3 is 2.86 bits per heavy atom. The number of carbonyl (C=O) groups excluding carboxylic acids is 1. The molecule has 1 amide bonds. The van der Waals surface area contributed by atoms with Crippen molar-refractivity contribution in [2.24, 2.45) is 0 Å². The van der Waals surface area contributed by atoms with Gasteiger partial charge in [0.25, 0.3) is 5.91 Å². The van der Waals surface area contributed by atoms with E-state index in [1.165, 1.54) is 18.2 Å². The van der Waals surface area contributed by atoms with Crippen molar-refractivity contribution in [2.45, 2.75) is 51.2 Å². The first-order valence-corrected chi connectivity index (χ1v) is 7.81. The van der Waals surface area contributed by atoms with E-state index in [1.54, 1.807) is 0 Å². The SMILES string of the molecule is CCC1(CC)CC(NC(=O)c2cc(O)ccc2Cl)CCO1. The molecule has 0 bridgehead atoms. The number of rotatable bonds is 4. The van der Waals surface area contributed by atoms with Crippen LogP contribution in [0.1, 0.15) is 49.9 Å². The molecule has 2 rings (SSSR count). The van der Waals surface area contributed by atoms with Crippen LogP contribution in [0.4, 0.5) is 0 Å². The Hall–Kier alpha value is -1.26. The smallest absolute Gasteiger partial charge is 0.253 e. The van der Waals surface area contributed by atoms with Crippen LogP contribution in [0.25, 0.3) is 0 Å². The van der Waals surface area contributed by atoms with E-state index in [9.17, 15) is 9.90 Å². The van der Waals surface area contributed by atoms with Gasteiger partial charge in [-0.05, 0) is 43.9 Å². The van der Waals surface area contributed by atoms with Gasteiger partial charge in [0.15, 0.2) is 0 Å². The molecule has 5 heteroatoms. The number of benzene rings is 1. The average Bonchev–Trinajstić information content (AvgIpc) is 2.49. The van der Waals surface area contributed by atoms with Crippen LogP contribution in [0.3, 0.4) is 0 Å². The van der Waals surface area contributed by atoms with Crippen LogP contribution in [0.15, 0.2) is 18.2 Å². The first kappa shape index (κ1) is 16.1. The quantitative estimate of drug-likeness (QED) is 0.894. The highest BCUT2D eigenvalue weighted by Crippen LogP contribution is 2.31. The molecule has 1 aromatic rings. The van der Waals surface area contributed by atoms with Crippen LogP contribution in [0.5, 0.6) is 5.75 Å². The van der Waals surface area contributed by atoms with Gasteiger partial charge in [-0.25, -0.2) is 0 Å². The Balaban J connectivity index is 2.07. The lowest BCUT2D eigenvalue weighted by atomic mass is 9.86. The number of carbonyl (C=O) groups is 1. The van der Waals surface area contributed by atoms with Gasteiger partial charge in [0.1, 0.15) is 5.75 Å². The van der Waals surface area contributed by atoms with Crippen LogP contribution in [-0.4, -0.2) is 29.3 Å². The molecule has 1 atom stereocenters. The van der Waals surface area contributed by atoms with Gasteiger partial charge in [0.2, 0.25) is 0 Å². The Kier molecular flexibility index (Phi) is 5.12. The van der Waals surface area contributed by atoms with Gasteiger partial charge in [-0.1, -0.05) is 25.4 Å². The van der Waals surface area contributed by atoms with Crippen molar-refractivity contribution >= 4 is 17.5 Å².